The van der Waals surface area contributed by atoms with Crippen LogP contribution in [-0.4, -0.2) is 24.2 Å². The quantitative estimate of drug-likeness (QED) is 0.647. The third kappa shape index (κ3) is 3.22. The van der Waals surface area contributed by atoms with Gasteiger partial charge in [-0.25, -0.2) is 0 Å². The highest BCUT2D eigenvalue weighted by atomic mass is 35.5. The molecule has 0 aromatic heterocycles. The standard InChI is InChI=1S/C7H9BClNO2.C2H6/c1-10-6-4-2-3-5(7(6)9)8(11)12;1-2/h2-4,10-12H,1H3;1-2H3. The van der Waals surface area contributed by atoms with Crippen molar-refractivity contribution in [3.05, 3.63) is 23.2 Å². The fraction of sp³-hybridized carbons (Fsp3) is 0.333. The van der Waals surface area contributed by atoms with Gasteiger partial charge in [-0.1, -0.05) is 37.6 Å². The van der Waals surface area contributed by atoms with Crippen molar-refractivity contribution in [2.75, 3.05) is 12.4 Å². The lowest BCUT2D eigenvalue weighted by Crippen LogP contribution is -2.31. The summed E-state index contributed by atoms with van der Waals surface area (Å²) in [5.74, 6) is 0. The molecule has 1 aromatic carbocycles. The van der Waals surface area contributed by atoms with Gasteiger partial charge in [-0.05, 0) is 6.07 Å². The molecule has 0 radical (unpaired) electrons. The second-order valence-corrected chi connectivity index (χ2v) is 2.71. The first-order valence-electron chi connectivity index (χ1n) is 4.49. The fourth-order valence-electron chi connectivity index (χ4n) is 0.942. The van der Waals surface area contributed by atoms with E-state index >= 15 is 0 Å². The average molecular weight is 215 g/mol. The van der Waals surface area contributed by atoms with Crippen LogP contribution in [0.25, 0.3) is 0 Å². The van der Waals surface area contributed by atoms with Crippen molar-refractivity contribution in [2.24, 2.45) is 0 Å². The molecule has 0 aliphatic carbocycles. The van der Waals surface area contributed by atoms with Crippen LogP contribution in [-0.2, 0) is 0 Å². The SMILES string of the molecule is CC.CNc1cccc(B(O)O)c1Cl. The Morgan fingerprint density at radius 1 is 1.29 bits per heavy atom. The summed E-state index contributed by atoms with van der Waals surface area (Å²) in [6, 6.07) is 5.02. The van der Waals surface area contributed by atoms with Crippen LogP contribution in [0.4, 0.5) is 5.69 Å². The van der Waals surface area contributed by atoms with Gasteiger partial charge in [0.05, 0.1) is 10.7 Å². The molecule has 5 heteroatoms. The van der Waals surface area contributed by atoms with Crippen molar-refractivity contribution >= 4 is 29.9 Å². The molecule has 1 aromatic rings. The van der Waals surface area contributed by atoms with E-state index in [1.807, 2.05) is 13.8 Å². The van der Waals surface area contributed by atoms with E-state index in [0.29, 0.717) is 16.2 Å². The molecule has 1 rings (SSSR count). The molecule has 3 N–H and O–H groups in total. The van der Waals surface area contributed by atoms with Gasteiger partial charge in [0.2, 0.25) is 0 Å². The van der Waals surface area contributed by atoms with E-state index < -0.39 is 7.12 Å². The maximum absolute atomic E-state index is 8.87. The van der Waals surface area contributed by atoms with E-state index in [2.05, 4.69) is 5.32 Å². The summed E-state index contributed by atoms with van der Waals surface area (Å²) in [7, 11) is 0.195. The minimum Gasteiger partial charge on any atom is -0.423 e. The third-order valence-corrected chi connectivity index (χ3v) is 2.00. The molecule has 0 aliphatic rings. The minimum atomic E-state index is -1.52. The Balaban J connectivity index is 0.000000791. The number of hydrogen-bond acceptors (Lipinski definition) is 3. The molecular weight excluding hydrogens is 200 g/mol. The van der Waals surface area contributed by atoms with Crippen LogP contribution in [0, 0.1) is 0 Å². The topological polar surface area (TPSA) is 52.5 Å². The Kier molecular flexibility index (Phi) is 6.37. The van der Waals surface area contributed by atoms with E-state index in [4.69, 9.17) is 21.6 Å². The van der Waals surface area contributed by atoms with Crippen molar-refractivity contribution in [1.29, 1.82) is 0 Å². The zero-order chi connectivity index (χ0) is 11.1. The van der Waals surface area contributed by atoms with Crippen LogP contribution in [0.15, 0.2) is 18.2 Å². The van der Waals surface area contributed by atoms with Gasteiger partial charge in [0.25, 0.3) is 0 Å². The predicted octanol–water partition coefficient (Wildman–Crippen LogP) is 1.09. The van der Waals surface area contributed by atoms with Crippen molar-refractivity contribution < 1.29 is 10.0 Å². The summed E-state index contributed by atoms with van der Waals surface area (Å²) in [6.45, 7) is 4.00. The molecule has 0 heterocycles. The molecule has 0 amide bonds. The zero-order valence-corrected chi connectivity index (χ0v) is 9.34. The molecule has 3 nitrogen and oxygen atoms in total. The van der Waals surface area contributed by atoms with Crippen LogP contribution in [0.3, 0.4) is 0 Å². The van der Waals surface area contributed by atoms with Gasteiger partial charge in [-0.3, -0.25) is 0 Å². The second kappa shape index (κ2) is 6.70. The Morgan fingerprint density at radius 2 is 1.86 bits per heavy atom. The molecule has 0 saturated heterocycles. The van der Waals surface area contributed by atoms with Gasteiger partial charge in [-0.2, -0.15) is 0 Å². The fourth-order valence-corrected chi connectivity index (χ4v) is 1.26. The molecule has 0 aliphatic heterocycles. The minimum absolute atomic E-state index is 0.309. The van der Waals surface area contributed by atoms with Gasteiger partial charge in [-0.15, -0.1) is 0 Å². The predicted molar refractivity (Wildman–Crippen MR) is 62.2 cm³/mol. The molecule has 0 unspecified atom stereocenters. The number of hydrogen-bond donors (Lipinski definition) is 3. The highest BCUT2D eigenvalue weighted by molar-refractivity contribution is 6.63. The maximum atomic E-state index is 8.87. The number of benzene rings is 1. The van der Waals surface area contributed by atoms with Crippen molar-refractivity contribution in [3.8, 4) is 0 Å². The van der Waals surface area contributed by atoms with Crippen LogP contribution in [0.5, 0.6) is 0 Å². The van der Waals surface area contributed by atoms with Crippen LogP contribution >= 0.6 is 11.6 Å². The van der Waals surface area contributed by atoms with Gasteiger partial charge in [0, 0.05) is 12.5 Å². The summed E-state index contributed by atoms with van der Waals surface area (Å²) in [4.78, 5) is 0. The summed E-state index contributed by atoms with van der Waals surface area (Å²) >= 11 is 5.82. The van der Waals surface area contributed by atoms with E-state index in [9.17, 15) is 0 Å². The molecule has 14 heavy (non-hydrogen) atoms. The number of nitrogens with one attached hydrogen (secondary N) is 1. The molecule has 0 spiro atoms. The second-order valence-electron chi connectivity index (χ2n) is 2.33. The monoisotopic (exact) mass is 215 g/mol. The first-order valence-corrected chi connectivity index (χ1v) is 4.87. The molecule has 0 saturated carbocycles. The maximum Gasteiger partial charge on any atom is 0.490 e. The summed E-state index contributed by atoms with van der Waals surface area (Å²) < 4.78 is 0. The lowest BCUT2D eigenvalue weighted by molar-refractivity contribution is 0.426. The average Bonchev–Trinajstić information content (AvgIpc) is 2.21. The van der Waals surface area contributed by atoms with Crippen LogP contribution < -0.4 is 10.8 Å². The van der Waals surface area contributed by atoms with E-state index in [1.54, 1.807) is 25.2 Å². The molecule has 0 bridgehead atoms. The van der Waals surface area contributed by atoms with E-state index in [0.717, 1.165) is 0 Å². The molecule has 0 atom stereocenters. The molecule has 78 valence electrons. The number of rotatable bonds is 2. The largest absolute Gasteiger partial charge is 0.490 e. The van der Waals surface area contributed by atoms with Gasteiger partial charge in [0.15, 0.2) is 0 Å². The Labute approximate surface area is 89.9 Å². The van der Waals surface area contributed by atoms with Gasteiger partial charge >= 0.3 is 7.12 Å². The van der Waals surface area contributed by atoms with E-state index in [1.165, 1.54) is 0 Å². The van der Waals surface area contributed by atoms with Gasteiger partial charge < -0.3 is 15.4 Å². The zero-order valence-electron chi connectivity index (χ0n) is 8.58. The molecule has 0 fully saturated rings. The van der Waals surface area contributed by atoms with Crippen LogP contribution in [0.2, 0.25) is 5.02 Å². The van der Waals surface area contributed by atoms with Crippen molar-refractivity contribution in [3.63, 3.8) is 0 Å². The van der Waals surface area contributed by atoms with Crippen molar-refractivity contribution in [2.45, 2.75) is 13.8 Å². The third-order valence-electron chi connectivity index (χ3n) is 1.58. The summed E-state index contributed by atoms with van der Waals surface area (Å²) in [5.41, 5.74) is 0.991. The smallest absolute Gasteiger partial charge is 0.423 e. The normalized spacial score (nSPS) is 8.71. The Morgan fingerprint density at radius 3 is 2.29 bits per heavy atom. The van der Waals surface area contributed by atoms with E-state index in [-0.39, 0.29) is 0 Å². The lowest BCUT2D eigenvalue weighted by Gasteiger charge is -2.07. The summed E-state index contributed by atoms with van der Waals surface area (Å²) in [5, 5.41) is 20.9. The first kappa shape index (κ1) is 13.3. The van der Waals surface area contributed by atoms with Crippen molar-refractivity contribution in [1.82, 2.24) is 0 Å². The first-order chi connectivity index (χ1) is 6.66. The Bertz CT molecular complexity index is 282. The number of halogens is 1. The molecular formula is C9H15BClNO2. The summed E-state index contributed by atoms with van der Waals surface area (Å²) in [6.07, 6.45) is 0. The lowest BCUT2D eigenvalue weighted by atomic mass is 9.80. The van der Waals surface area contributed by atoms with Gasteiger partial charge in [0.1, 0.15) is 0 Å². The number of anilines is 1. The highest BCUT2D eigenvalue weighted by Gasteiger charge is 2.16. The highest BCUT2D eigenvalue weighted by Crippen LogP contribution is 2.17. The van der Waals surface area contributed by atoms with Crippen LogP contribution in [0.1, 0.15) is 13.8 Å². The Hall–Kier alpha value is -0.705.